The first-order chi connectivity index (χ1) is 13.9. The molecule has 4 aliphatic rings. The lowest BCUT2D eigenvalue weighted by atomic mass is 9.48. The molecule has 0 aliphatic heterocycles. The molecule has 5 heteroatoms. The Kier molecular flexibility index (Phi) is 4.37. The summed E-state index contributed by atoms with van der Waals surface area (Å²) in [5.74, 6) is 2.14. The first kappa shape index (κ1) is 18.6. The Bertz CT molecular complexity index is 960. The molecule has 152 valence electrons. The number of nitrogens with one attached hydrogen (secondary N) is 1. The molecule has 0 saturated heterocycles. The van der Waals surface area contributed by atoms with Gasteiger partial charge in [0.1, 0.15) is 0 Å². The van der Waals surface area contributed by atoms with Crippen LogP contribution in [0.3, 0.4) is 0 Å². The van der Waals surface area contributed by atoms with Gasteiger partial charge in [-0.1, -0.05) is 18.2 Å². The van der Waals surface area contributed by atoms with Crippen molar-refractivity contribution in [1.29, 1.82) is 0 Å². The summed E-state index contributed by atoms with van der Waals surface area (Å²) in [7, 11) is 0. The predicted molar refractivity (Wildman–Crippen MR) is 112 cm³/mol. The summed E-state index contributed by atoms with van der Waals surface area (Å²) < 4.78 is 1.67. The van der Waals surface area contributed by atoms with Crippen LogP contribution in [0.2, 0.25) is 0 Å². The fraction of sp³-hybridized carbons (Fsp3) is 0.542. The third-order valence-electron chi connectivity index (χ3n) is 7.68. The smallest absolute Gasteiger partial charge is 0.276 e. The lowest BCUT2D eigenvalue weighted by Gasteiger charge is -2.59. The molecule has 0 spiro atoms. The number of nitrogens with zero attached hydrogens (tertiary/aromatic N) is 2. The highest BCUT2D eigenvalue weighted by Gasteiger charge is 2.53. The van der Waals surface area contributed by atoms with Crippen molar-refractivity contribution in [1.82, 2.24) is 15.1 Å². The Balaban J connectivity index is 1.41. The van der Waals surface area contributed by atoms with Gasteiger partial charge in [-0.15, -0.1) is 0 Å². The molecule has 4 bridgehead atoms. The molecular formula is C24H29N3O2. The summed E-state index contributed by atoms with van der Waals surface area (Å²) in [6, 6.07) is 11.2. The molecule has 1 atom stereocenters. The van der Waals surface area contributed by atoms with Crippen molar-refractivity contribution in [3.63, 3.8) is 0 Å². The Hall–Kier alpha value is -2.43. The molecule has 1 aromatic carbocycles. The van der Waals surface area contributed by atoms with Gasteiger partial charge >= 0.3 is 0 Å². The molecule has 4 aliphatic carbocycles. The number of carbonyl (C=O) groups excluding carboxylic acids is 1. The molecule has 1 heterocycles. The first-order valence-corrected chi connectivity index (χ1v) is 10.9. The minimum atomic E-state index is -0.345. The summed E-state index contributed by atoms with van der Waals surface area (Å²) >= 11 is 0. The Labute approximate surface area is 171 Å². The number of hydrogen-bond donors (Lipinski definition) is 1. The lowest BCUT2D eigenvalue weighted by molar-refractivity contribution is -0.0688. The van der Waals surface area contributed by atoms with Gasteiger partial charge < -0.3 is 5.32 Å². The third kappa shape index (κ3) is 3.21. The van der Waals surface area contributed by atoms with Crippen LogP contribution in [0.15, 0.2) is 41.2 Å². The van der Waals surface area contributed by atoms with Gasteiger partial charge in [-0.05, 0) is 87.7 Å². The number of para-hydroxylation sites is 1. The van der Waals surface area contributed by atoms with E-state index < -0.39 is 0 Å². The van der Waals surface area contributed by atoms with Gasteiger partial charge in [0.25, 0.3) is 5.91 Å². The van der Waals surface area contributed by atoms with Crippen LogP contribution in [0.25, 0.3) is 5.69 Å². The van der Waals surface area contributed by atoms with E-state index in [-0.39, 0.29) is 28.5 Å². The van der Waals surface area contributed by atoms with Gasteiger partial charge in [-0.3, -0.25) is 9.59 Å². The van der Waals surface area contributed by atoms with E-state index in [1.54, 1.807) is 4.68 Å². The first-order valence-electron chi connectivity index (χ1n) is 10.9. The van der Waals surface area contributed by atoms with Crippen LogP contribution in [0.1, 0.15) is 61.6 Å². The van der Waals surface area contributed by atoms with E-state index in [4.69, 9.17) is 0 Å². The number of aryl methyl sites for hydroxylation is 1. The van der Waals surface area contributed by atoms with Crippen molar-refractivity contribution < 1.29 is 4.79 Å². The fourth-order valence-electron chi connectivity index (χ4n) is 6.66. The maximum atomic E-state index is 13.1. The Morgan fingerprint density at radius 3 is 2.28 bits per heavy atom. The zero-order valence-corrected chi connectivity index (χ0v) is 17.2. The maximum absolute atomic E-state index is 13.1. The second kappa shape index (κ2) is 6.82. The number of rotatable bonds is 4. The van der Waals surface area contributed by atoms with Crippen molar-refractivity contribution >= 4 is 5.91 Å². The van der Waals surface area contributed by atoms with Crippen molar-refractivity contribution in [3.8, 4) is 5.69 Å². The summed E-state index contributed by atoms with van der Waals surface area (Å²) in [5.41, 5.74) is 1.43. The van der Waals surface area contributed by atoms with E-state index in [9.17, 15) is 9.59 Å². The Morgan fingerprint density at radius 1 is 1.10 bits per heavy atom. The molecule has 1 N–H and O–H groups in total. The van der Waals surface area contributed by atoms with Crippen LogP contribution in [0.5, 0.6) is 0 Å². The maximum Gasteiger partial charge on any atom is 0.276 e. The van der Waals surface area contributed by atoms with E-state index in [0.29, 0.717) is 5.69 Å². The molecule has 4 fully saturated rings. The minimum Gasteiger partial charge on any atom is -0.348 e. The third-order valence-corrected chi connectivity index (χ3v) is 7.68. The van der Waals surface area contributed by atoms with Crippen LogP contribution < -0.4 is 10.7 Å². The van der Waals surface area contributed by atoms with Gasteiger partial charge in [-0.2, -0.15) is 5.10 Å². The number of carbonyl (C=O) groups is 1. The van der Waals surface area contributed by atoms with Gasteiger partial charge in [0.15, 0.2) is 5.69 Å². The van der Waals surface area contributed by atoms with Crippen LogP contribution in [-0.2, 0) is 0 Å². The summed E-state index contributed by atoms with van der Waals surface area (Å²) in [6.07, 6.45) is 7.78. The van der Waals surface area contributed by atoms with Crippen LogP contribution in [-0.4, -0.2) is 21.7 Å². The van der Waals surface area contributed by atoms with E-state index in [1.807, 2.05) is 37.3 Å². The average Bonchev–Trinajstić information content (AvgIpc) is 2.67. The highest BCUT2D eigenvalue weighted by Crippen LogP contribution is 2.61. The highest BCUT2D eigenvalue weighted by molar-refractivity contribution is 5.92. The minimum absolute atomic E-state index is 0.0176. The summed E-state index contributed by atoms with van der Waals surface area (Å²) in [6.45, 7) is 3.97. The molecule has 0 radical (unpaired) electrons. The van der Waals surface area contributed by atoms with Crippen LogP contribution in [0, 0.1) is 30.1 Å². The number of aromatic nitrogens is 2. The largest absolute Gasteiger partial charge is 0.348 e. The van der Waals surface area contributed by atoms with E-state index in [2.05, 4.69) is 17.3 Å². The van der Waals surface area contributed by atoms with Gasteiger partial charge in [0.2, 0.25) is 5.43 Å². The fourth-order valence-corrected chi connectivity index (χ4v) is 6.66. The second-order valence-corrected chi connectivity index (χ2v) is 9.72. The number of amides is 1. The Morgan fingerprint density at radius 2 is 1.69 bits per heavy atom. The van der Waals surface area contributed by atoms with Gasteiger partial charge in [0, 0.05) is 17.8 Å². The topological polar surface area (TPSA) is 64.0 Å². The molecule has 0 unspecified atom stereocenters. The average molecular weight is 392 g/mol. The number of hydrogen-bond acceptors (Lipinski definition) is 3. The number of benzene rings is 1. The van der Waals surface area contributed by atoms with Crippen molar-refractivity contribution in [3.05, 3.63) is 58.0 Å². The van der Waals surface area contributed by atoms with Gasteiger partial charge in [-0.25, -0.2) is 4.68 Å². The molecule has 1 amide bonds. The highest BCUT2D eigenvalue weighted by atomic mass is 16.2. The van der Waals surface area contributed by atoms with Crippen LogP contribution in [0.4, 0.5) is 0 Å². The quantitative estimate of drug-likeness (QED) is 0.860. The monoisotopic (exact) mass is 391 g/mol. The second-order valence-electron chi connectivity index (χ2n) is 9.72. The summed E-state index contributed by atoms with van der Waals surface area (Å²) in [4.78, 5) is 25.6. The normalized spacial score (nSPS) is 30.9. The van der Waals surface area contributed by atoms with Crippen molar-refractivity contribution in [2.45, 2.75) is 58.4 Å². The van der Waals surface area contributed by atoms with Gasteiger partial charge in [0.05, 0.1) is 5.69 Å². The lowest BCUT2D eigenvalue weighted by Crippen LogP contribution is -2.56. The molecule has 1 aromatic heterocycles. The van der Waals surface area contributed by atoms with Crippen molar-refractivity contribution in [2.24, 2.45) is 23.2 Å². The van der Waals surface area contributed by atoms with E-state index in [0.717, 1.165) is 23.4 Å². The van der Waals surface area contributed by atoms with Crippen LogP contribution >= 0.6 is 0 Å². The molecule has 4 saturated carbocycles. The molecule has 2 aromatic rings. The van der Waals surface area contributed by atoms with E-state index >= 15 is 0 Å². The molecule has 5 nitrogen and oxygen atoms in total. The molecular weight excluding hydrogens is 362 g/mol. The molecule has 6 rings (SSSR count). The molecule has 29 heavy (non-hydrogen) atoms. The zero-order valence-electron chi connectivity index (χ0n) is 17.2. The standard InChI is InChI=1S/C24H29N3O2/c1-15-8-21(28)22(26-27(15)20-6-4-3-5-7-20)23(29)25-16(2)24-12-17-9-18(13-24)11-19(10-17)14-24/h3-8,16-19H,9-14H2,1-2H3,(H,25,29)/t16-,17?,18?,19?,24?/m0/s1. The van der Waals surface area contributed by atoms with E-state index in [1.165, 1.54) is 44.6 Å². The van der Waals surface area contributed by atoms with Crippen molar-refractivity contribution in [2.75, 3.05) is 0 Å². The predicted octanol–water partition coefficient (Wildman–Crippen LogP) is 3.88. The zero-order chi connectivity index (χ0) is 20.2. The SMILES string of the molecule is Cc1cc(=O)c(C(=O)N[C@@H](C)C23CC4CC(CC(C4)C2)C3)nn1-c1ccccc1. The summed E-state index contributed by atoms with van der Waals surface area (Å²) in [5, 5.41) is 7.61.